The van der Waals surface area contributed by atoms with E-state index in [2.05, 4.69) is 26.8 Å². The first-order chi connectivity index (χ1) is 10.5. The fourth-order valence-corrected chi connectivity index (χ4v) is 2.21. The van der Waals surface area contributed by atoms with Crippen molar-refractivity contribution in [2.75, 3.05) is 6.61 Å². The zero-order chi connectivity index (χ0) is 16.1. The fourth-order valence-electron chi connectivity index (χ4n) is 1.68. The first-order valence-electron chi connectivity index (χ1n) is 6.25. The predicted octanol–water partition coefficient (Wildman–Crippen LogP) is 1.77. The SMILES string of the molecule is Cn1cc(Br)cc1C(=O)NNC(=O)COc1ccccc1F. The number of halogens is 2. The van der Waals surface area contributed by atoms with Gasteiger partial charge in [0.15, 0.2) is 18.2 Å². The summed E-state index contributed by atoms with van der Waals surface area (Å²) in [6, 6.07) is 7.34. The Kier molecular flexibility index (Phi) is 5.16. The number of nitrogens with one attached hydrogen (secondary N) is 2. The Morgan fingerprint density at radius 2 is 2.05 bits per heavy atom. The molecule has 2 amide bonds. The maximum Gasteiger partial charge on any atom is 0.286 e. The molecule has 0 bridgehead atoms. The molecule has 0 aliphatic rings. The molecule has 8 heteroatoms. The van der Waals surface area contributed by atoms with Gasteiger partial charge in [-0.1, -0.05) is 12.1 Å². The molecule has 0 aliphatic carbocycles. The summed E-state index contributed by atoms with van der Waals surface area (Å²) in [5.74, 6) is -1.68. The highest BCUT2D eigenvalue weighted by atomic mass is 79.9. The van der Waals surface area contributed by atoms with Crippen molar-refractivity contribution in [1.82, 2.24) is 15.4 Å². The smallest absolute Gasteiger partial charge is 0.286 e. The van der Waals surface area contributed by atoms with Crippen LogP contribution in [0.25, 0.3) is 0 Å². The molecule has 0 unspecified atom stereocenters. The second kappa shape index (κ2) is 7.08. The number of benzene rings is 1. The van der Waals surface area contributed by atoms with Gasteiger partial charge in [0.2, 0.25) is 0 Å². The van der Waals surface area contributed by atoms with Crippen molar-refractivity contribution in [3.63, 3.8) is 0 Å². The Bertz CT molecular complexity index is 702. The number of carbonyl (C=O) groups excluding carboxylic acids is 2. The number of carbonyl (C=O) groups is 2. The lowest BCUT2D eigenvalue weighted by molar-refractivity contribution is -0.123. The summed E-state index contributed by atoms with van der Waals surface area (Å²) in [5, 5.41) is 0. The molecule has 22 heavy (non-hydrogen) atoms. The van der Waals surface area contributed by atoms with Gasteiger partial charge in [0, 0.05) is 17.7 Å². The van der Waals surface area contributed by atoms with Gasteiger partial charge >= 0.3 is 0 Å². The zero-order valence-corrected chi connectivity index (χ0v) is 13.2. The van der Waals surface area contributed by atoms with Gasteiger partial charge in [0.1, 0.15) is 5.69 Å². The van der Waals surface area contributed by atoms with Crippen molar-refractivity contribution in [3.8, 4) is 5.75 Å². The van der Waals surface area contributed by atoms with E-state index >= 15 is 0 Å². The summed E-state index contributed by atoms with van der Waals surface area (Å²) < 4.78 is 20.6. The molecule has 0 spiro atoms. The Labute approximate surface area is 134 Å². The average molecular weight is 370 g/mol. The number of para-hydroxylation sites is 1. The summed E-state index contributed by atoms with van der Waals surface area (Å²) in [5.41, 5.74) is 4.81. The minimum absolute atomic E-state index is 0.0321. The van der Waals surface area contributed by atoms with Crippen molar-refractivity contribution in [1.29, 1.82) is 0 Å². The van der Waals surface area contributed by atoms with E-state index in [-0.39, 0.29) is 5.75 Å². The maximum atomic E-state index is 13.3. The van der Waals surface area contributed by atoms with Crippen LogP contribution in [0, 0.1) is 5.82 Å². The van der Waals surface area contributed by atoms with Crippen LogP contribution in [-0.4, -0.2) is 23.0 Å². The molecule has 0 radical (unpaired) electrons. The van der Waals surface area contributed by atoms with E-state index in [0.29, 0.717) is 5.69 Å². The monoisotopic (exact) mass is 369 g/mol. The highest BCUT2D eigenvalue weighted by Gasteiger charge is 2.12. The van der Waals surface area contributed by atoms with Crippen molar-refractivity contribution in [2.24, 2.45) is 7.05 Å². The maximum absolute atomic E-state index is 13.3. The lowest BCUT2D eigenvalue weighted by atomic mass is 10.3. The molecule has 1 aromatic carbocycles. The first kappa shape index (κ1) is 16.0. The number of aromatic nitrogens is 1. The quantitative estimate of drug-likeness (QED) is 0.806. The van der Waals surface area contributed by atoms with E-state index in [4.69, 9.17) is 4.74 Å². The number of amides is 2. The van der Waals surface area contributed by atoms with E-state index in [1.54, 1.807) is 29.9 Å². The molecule has 1 heterocycles. The Hall–Kier alpha value is -2.35. The van der Waals surface area contributed by atoms with Gasteiger partial charge in [-0.25, -0.2) is 4.39 Å². The lowest BCUT2D eigenvalue weighted by Crippen LogP contribution is -2.44. The van der Waals surface area contributed by atoms with Crippen LogP contribution in [0.15, 0.2) is 41.0 Å². The molecule has 0 saturated heterocycles. The number of hydrogen-bond donors (Lipinski definition) is 2. The van der Waals surface area contributed by atoms with Crippen molar-refractivity contribution in [2.45, 2.75) is 0 Å². The van der Waals surface area contributed by atoms with Gasteiger partial charge in [0.25, 0.3) is 11.8 Å². The molecular weight excluding hydrogens is 357 g/mol. The molecule has 0 atom stereocenters. The number of hydrazine groups is 1. The Morgan fingerprint density at radius 1 is 1.32 bits per heavy atom. The van der Waals surface area contributed by atoms with Crippen LogP contribution in [0.3, 0.4) is 0 Å². The van der Waals surface area contributed by atoms with Gasteiger partial charge in [-0.3, -0.25) is 20.4 Å². The van der Waals surface area contributed by atoms with Gasteiger partial charge in [-0.15, -0.1) is 0 Å². The summed E-state index contributed by atoms with van der Waals surface area (Å²) >= 11 is 3.25. The number of aryl methyl sites for hydroxylation is 1. The van der Waals surface area contributed by atoms with Crippen molar-refractivity contribution >= 4 is 27.7 Å². The summed E-state index contributed by atoms with van der Waals surface area (Å²) in [4.78, 5) is 23.4. The van der Waals surface area contributed by atoms with Crippen LogP contribution < -0.4 is 15.6 Å². The number of nitrogens with zero attached hydrogens (tertiary/aromatic N) is 1. The van der Waals surface area contributed by atoms with E-state index in [1.165, 1.54) is 18.2 Å². The van der Waals surface area contributed by atoms with Crippen LogP contribution in [0.1, 0.15) is 10.5 Å². The number of ether oxygens (including phenoxy) is 1. The van der Waals surface area contributed by atoms with Gasteiger partial charge in [-0.2, -0.15) is 0 Å². The lowest BCUT2D eigenvalue weighted by Gasteiger charge is -2.09. The minimum Gasteiger partial charge on any atom is -0.481 e. The van der Waals surface area contributed by atoms with Gasteiger partial charge in [-0.05, 0) is 34.1 Å². The van der Waals surface area contributed by atoms with Gasteiger partial charge in [0.05, 0.1) is 0 Å². The standard InChI is InChI=1S/C14H13BrFN3O3/c1-19-7-9(15)6-11(19)14(21)18-17-13(20)8-22-12-5-3-2-4-10(12)16/h2-7H,8H2,1H3,(H,17,20)(H,18,21). The second-order valence-electron chi connectivity index (χ2n) is 4.38. The normalized spacial score (nSPS) is 10.1. The van der Waals surface area contributed by atoms with Gasteiger partial charge < -0.3 is 9.30 Å². The average Bonchev–Trinajstić information content (AvgIpc) is 2.82. The van der Waals surface area contributed by atoms with Crippen LogP contribution in [0.2, 0.25) is 0 Å². The molecule has 0 aliphatic heterocycles. The van der Waals surface area contributed by atoms with E-state index in [0.717, 1.165) is 4.47 Å². The molecular formula is C14H13BrFN3O3. The fraction of sp³-hybridized carbons (Fsp3) is 0.143. The highest BCUT2D eigenvalue weighted by Crippen LogP contribution is 2.15. The van der Waals surface area contributed by atoms with Crippen molar-refractivity contribution in [3.05, 3.63) is 52.5 Å². The highest BCUT2D eigenvalue weighted by molar-refractivity contribution is 9.10. The Morgan fingerprint density at radius 3 is 2.68 bits per heavy atom. The zero-order valence-electron chi connectivity index (χ0n) is 11.6. The molecule has 0 fully saturated rings. The third kappa shape index (κ3) is 4.08. The van der Waals surface area contributed by atoms with Crippen LogP contribution in [0.4, 0.5) is 4.39 Å². The molecule has 2 rings (SSSR count). The minimum atomic E-state index is -0.607. The summed E-state index contributed by atoms with van der Waals surface area (Å²) in [6.07, 6.45) is 1.71. The third-order valence-electron chi connectivity index (χ3n) is 2.72. The largest absolute Gasteiger partial charge is 0.481 e. The molecule has 0 saturated carbocycles. The van der Waals surface area contributed by atoms with E-state index in [9.17, 15) is 14.0 Å². The van der Waals surface area contributed by atoms with E-state index in [1.807, 2.05) is 0 Å². The molecule has 116 valence electrons. The predicted molar refractivity (Wildman–Crippen MR) is 80.6 cm³/mol. The number of hydrogen-bond acceptors (Lipinski definition) is 3. The third-order valence-corrected chi connectivity index (χ3v) is 3.15. The number of rotatable bonds is 4. The molecule has 1 aromatic heterocycles. The van der Waals surface area contributed by atoms with Crippen molar-refractivity contribution < 1.29 is 18.7 Å². The topological polar surface area (TPSA) is 72.4 Å². The van der Waals surface area contributed by atoms with Crippen LogP contribution in [0.5, 0.6) is 5.75 Å². The Balaban J connectivity index is 1.82. The molecule has 2 aromatic rings. The van der Waals surface area contributed by atoms with Crippen LogP contribution >= 0.6 is 15.9 Å². The molecule has 2 N–H and O–H groups in total. The van der Waals surface area contributed by atoms with E-state index < -0.39 is 24.2 Å². The summed E-state index contributed by atoms with van der Waals surface area (Å²) in [6.45, 7) is -0.419. The molecule has 6 nitrogen and oxygen atoms in total. The second-order valence-corrected chi connectivity index (χ2v) is 5.29. The first-order valence-corrected chi connectivity index (χ1v) is 7.05. The summed E-state index contributed by atoms with van der Waals surface area (Å²) in [7, 11) is 1.70. The van der Waals surface area contributed by atoms with Crippen LogP contribution in [-0.2, 0) is 11.8 Å².